The van der Waals surface area contributed by atoms with Crippen molar-refractivity contribution in [2.24, 2.45) is 4.99 Å². The van der Waals surface area contributed by atoms with Crippen molar-refractivity contribution >= 4 is 11.6 Å². The Morgan fingerprint density at radius 1 is 1.07 bits per heavy atom. The minimum atomic E-state index is -0.424. The van der Waals surface area contributed by atoms with E-state index in [1.807, 2.05) is 24.3 Å². The number of nitro groups is 1. The van der Waals surface area contributed by atoms with Crippen LogP contribution in [0.5, 0.6) is 5.75 Å². The monoisotopic (exact) mass is 402 g/mol. The topological polar surface area (TPSA) is 118 Å². The van der Waals surface area contributed by atoms with Gasteiger partial charge in [-0.15, -0.1) is 0 Å². The number of hydrogen-bond donors (Lipinski definition) is 3. The lowest BCUT2D eigenvalue weighted by Gasteiger charge is -2.13. The van der Waals surface area contributed by atoms with Gasteiger partial charge in [-0.05, 0) is 23.3 Å². The number of ether oxygens (including phenoxy) is 2. The zero-order valence-electron chi connectivity index (χ0n) is 16.3. The molecule has 0 fully saturated rings. The molecule has 0 unspecified atom stereocenters. The van der Waals surface area contributed by atoms with Gasteiger partial charge < -0.3 is 25.2 Å². The molecular weight excluding hydrogens is 376 g/mol. The smallest absolute Gasteiger partial charge is 0.269 e. The number of aliphatic imine (C=N–C) groups is 1. The number of guanidine groups is 1. The molecule has 0 spiro atoms. The molecule has 9 heteroatoms. The molecule has 156 valence electrons. The van der Waals surface area contributed by atoms with Crippen LogP contribution in [0.3, 0.4) is 0 Å². The van der Waals surface area contributed by atoms with Gasteiger partial charge in [-0.2, -0.15) is 0 Å². The van der Waals surface area contributed by atoms with Crippen LogP contribution in [-0.2, 0) is 17.8 Å². The molecule has 2 rings (SSSR count). The summed E-state index contributed by atoms with van der Waals surface area (Å²) in [5.74, 6) is 1.38. The third-order valence-electron chi connectivity index (χ3n) is 3.96. The summed E-state index contributed by atoms with van der Waals surface area (Å²) >= 11 is 0. The van der Waals surface area contributed by atoms with Crippen molar-refractivity contribution < 1.29 is 19.5 Å². The number of aliphatic hydroxyl groups is 1. The standard InChI is InChI=1S/C20H26N4O5/c1-28-19-8-4-17(5-9-19)15-23-20(21-10-12-29-13-11-25)22-14-16-2-6-18(7-3-16)24(26)27/h2-9,25H,10-15H2,1H3,(H2,21,22,23). The molecule has 0 aromatic heterocycles. The van der Waals surface area contributed by atoms with E-state index in [1.54, 1.807) is 19.2 Å². The second-order valence-electron chi connectivity index (χ2n) is 6.05. The Labute approximate surface area is 169 Å². The molecule has 29 heavy (non-hydrogen) atoms. The maximum Gasteiger partial charge on any atom is 0.269 e. The first-order chi connectivity index (χ1) is 14.1. The molecule has 2 aromatic rings. The summed E-state index contributed by atoms with van der Waals surface area (Å²) < 4.78 is 10.4. The number of methoxy groups -OCH3 is 1. The van der Waals surface area contributed by atoms with Gasteiger partial charge in [-0.1, -0.05) is 24.3 Å². The van der Waals surface area contributed by atoms with E-state index in [4.69, 9.17) is 14.6 Å². The summed E-state index contributed by atoms with van der Waals surface area (Å²) in [6.07, 6.45) is 0. The average Bonchev–Trinajstić information content (AvgIpc) is 2.75. The van der Waals surface area contributed by atoms with E-state index in [1.165, 1.54) is 12.1 Å². The van der Waals surface area contributed by atoms with E-state index >= 15 is 0 Å². The molecule has 0 atom stereocenters. The van der Waals surface area contributed by atoms with Crippen LogP contribution in [0.4, 0.5) is 5.69 Å². The van der Waals surface area contributed by atoms with E-state index in [2.05, 4.69) is 15.6 Å². The lowest BCUT2D eigenvalue weighted by Crippen LogP contribution is -2.38. The maximum absolute atomic E-state index is 10.8. The van der Waals surface area contributed by atoms with Crippen LogP contribution in [-0.4, -0.2) is 49.5 Å². The van der Waals surface area contributed by atoms with Gasteiger partial charge >= 0.3 is 0 Å². The van der Waals surface area contributed by atoms with Crippen LogP contribution in [0.1, 0.15) is 11.1 Å². The number of rotatable bonds is 11. The summed E-state index contributed by atoms with van der Waals surface area (Å²) in [6, 6.07) is 14.0. The fraction of sp³-hybridized carbons (Fsp3) is 0.350. The first-order valence-electron chi connectivity index (χ1n) is 9.19. The fourth-order valence-corrected chi connectivity index (χ4v) is 2.41. The highest BCUT2D eigenvalue weighted by molar-refractivity contribution is 5.79. The van der Waals surface area contributed by atoms with E-state index in [0.29, 0.717) is 32.2 Å². The molecule has 0 radical (unpaired) electrons. The van der Waals surface area contributed by atoms with Crippen molar-refractivity contribution in [2.75, 3.05) is 33.5 Å². The summed E-state index contributed by atoms with van der Waals surface area (Å²) in [6.45, 7) is 2.16. The van der Waals surface area contributed by atoms with Crippen LogP contribution in [0.25, 0.3) is 0 Å². The van der Waals surface area contributed by atoms with Gasteiger partial charge in [0.25, 0.3) is 5.69 Å². The minimum Gasteiger partial charge on any atom is -0.497 e. The number of aliphatic hydroxyl groups excluding tert-OH is 1. The van der Waals surface area contributed by atoms with Crippen LogP contribution in [0.15, 0.2) is 53.5 Å². The fourth-order valence-electron chi connectivity index (χ4n) is 2.41. The summed E-state index contributed by atoms with van der Waals surface area (Å²) in [7, 11) is 1.62. The molecule has 0 heterocycles. The largest absolute Gasteiger partial charge is 0.497 e. The lowest BCUT2D eigenvalue weighted by atomic mass is 10.2. The van der Waals surface area contributed by atoms with Crippen molar-refractivity contribution in [3.05, 3.63) is 69.8 Å². The zero-order valence-corrected chi connectivity index (χ0v) is 16.3. The molecule has 3 N–H and O–H groups in total. The molecule has 0 aliphatic heterocycles. The third kappa shape index (κ3) is 8.16. The van der Waals surface area contributed by atoms with Crippen LogP contribution >= 0.6 is 0 Å². The molecule has 0 aliphatic carbocycles. The maximum atomic E-state index is 10.8. The Morgan fingerprint density at radius 3 is 2.38 bits per heavy atom. The molecule has 0 aliphatic rings. The molecule has 0 saturated carbocycles. The van der Waals surface area contributed by atoms with Gasteiger partial charge in [0, 0.05) is 25.2 Å². The summed E-state index contributed by atoms with van der Waals surface area (Å²) in [5.41, 5.74) is 1.98. The molecular formula is C20H26N4O5. The quantitative estimate of drug-likeness (QED) is 0.173. The number of nitrogens with one attached hydrogen (secondary N) is 2. The number of non-ortho nitro benzene ring substituents is 1. The van der Waals surface area contributed by atoms with Gasteiger partial charge in [0.2, 0.25) is 0 Å². The Kier molecular flexibility index (Phi) is 9.40. The molecule has 2 aromatic carbocycles. The predicted octanol–water partition coefficient (Wildman–Crippen LogP) is 1.85. The average molecular weight is 402 g/mol. The number of nitrogens with zero attached hydrogens (tertiary/aromatic N) is 2. The van der Waals surface area contributed by atoms with Crippen molar-refractivity contribution in [2.45, 2.75) is 13.1 Å². The first kappa shape index (κ1) is 22.1. The minimum absolute atomic E-state index is 0.0171. The van der Waals surface area contributed by atoms with Gasteiger partial charge in [-0.25, -0.2) is 4.99 Å². The van der Waals surface area contributed by atoms with Crippen molar-refractivity contribution in [1.29, 1.82) is 0 Å². The first-order valence-corrected chi connectivity index (χ1v) is 9.19. The number of benzene rings is 2. The van der Waals surface area contributed by atoms with Crippen molar-refractivity contribution in [1.82, 2.24) is 10.6 Å². The highest BCUT2D eigenvalue weighted by Crippen LogP contribution is 2.13. The molecule has 9 nitrogen and oxygen atoms in total. The number of nitro benzene ring substituents is 1. The van der Waals surface area contributed by atoms with Gasteiger partial charge in [0.05, 0.1) is 38.4 Å². The normalized spacial score (nSPS) is 11.2. The van der Waals surface area contributed by atoms with E-state index in [-0.39, 0.29) is 18.9 Å². The third-order valence-corrected chi connectivity index (χ3v) is 3.96. The number of hydrogen-bond acceptors (Lipinski definition) is 6. The van der Waals surface area contributed by atoms with E-state index < -0.39 is 4.92 Å². The summed E-state index contributed by atoms with van der Waals surface area (Å²) in [5, 5.41) is 25.9. The van der Waals surface area contributed by atoms with Crippen molar-refractivity contribution in [3.8, 4) is 5.75 Å². The lowest BCUT2D eigenvalue weighted by molar-refractivity contribution is -0.384. The second kappa shape index (κ2) is 12.3. The van der Waals surface area contributed by atoms with Gasteiger partial charge in [0.15, 0.2) is 5.96 Å². The molecule has 0 saturated heterocycles. The van der Waals surface area contributed by atoms with E-state index in [0.717, 1.165) is 16.9 Å². The highest BCUT2D eigenvalue weighted by Gasteiger charge is 2.05. The SMILES string of the molecule is COc1ccc(CN=C(NCCOCCO)NCc2ccc([N+](=O)[O-])cc2)cc1. The second-order valence-corrected chi connectivity index (χ2v) is 6.05. The van der Waals surface area contributed by atoms with Crippen LogP contribution in [0.2, 0.25) is 0 Å². The van der Waals surface area contributed by atoms with Crippen LogP contribution < -0.4 is 15.4 Å². The highest BCUT2D eigenvalue weighted by atomic mass is 16.6. The van der Waals surface area contributed by atoms with Crippen molar-refractivity contribution in [3.63, 3.8) is 0 Å². The van der Waals surface area contributed by atoms with Gasteiger partial charge in [-0.3, -0.25) is 10.1 Å². The van der Waals surface area contributed by atoms with Gasteiger partial charge in [0.1, 0.15) is 5.75 Å². The molecule has 0 amide bonds. The van der Waals surface area contributed by atoms with Crippen LogP contribution in [0, 0.1) is 10.1 Å². The summed E-state index contributed by atoms with van der Waals surface area (Å²) in [4.78, 5) is 14.9. The Morgan fingerprint density at radius 2 is 1.76 bits per heavy atom. The Balaban J connectivity index is 1.95. The predicted molar refractivity (Wildman–Crippen MR) is 110 cm³/mol. The Hall–Kier alpha value is -3.17. The van der Waals surface area contributed by atoms with E-state index in [9.17, 15) is 10.1 Å². The zero-order chi connectivity index (χ0) is 20.9. The Bertz CT molecular complexity index is 778. The molecule has 0 bridgehead atoms.